The molecule has 26 heavy (non-hydrogen) atoms. The third-order valence-corrected chi connectivity index (χ3v) is 4.45. The molecule has 1 aromatic heterocycles. The predicted octanol–water partition coefficient (Wildman–Crippen LogP) is 6.15. The molecule has 0 amide bonds. The van der Waals surface area contributed by atoms with Crippen LogP contribution in [0.3, 0.4) is 0 Å². The molecule has 0 N–H and O–H groups in total. The molecule has 0 aliphatic rings. The van der Waals surface area contributed by atoms with E-state index in [0.717, 1.165) is 22.5 Å². The summed E-state index contributed by atoms with van der Waals surface area (Å²) in [5.74, 6) is 1.34. The van der Waals surface area contributed by atoms with Gasteiger partial charge in [-0.25, -0.2) is 0 Å². The molecule has 0 saturated heterocycles. The molecule has 0 spiro atoms. The summed E-state index contributed by atoms with van der Waals surface area (Å²) in [6, 6.07) is 29.1. The standard InChI is InChI=1S/C24H18O2/c1-17-21(18-11-5-2-6-12-18)22(23(25)19-13-7-3-8-14-19)24(26-17)20-15-9-4-10-16-20/h2-16H,1H3. The molecule has 0 aliphatic carbocycles. The molecule has 4 aromatic rings. The highest BCUT2D eigenvalue weighted by atomic mass is 16.3. The Morgan fingerprint density at radius 1 is 0.692 bits per heavy atom. The van der Waals surface area contributed by atoms with E-state index >= 15 is 0 Å². The number of hydrogen-bond donors (Lipinski definition) is 0. The third kappa shape index (κ3) is 2.86. The van der Waals surface area contributed by atoms with E-state index in [9.17, 15) is 4.79 Å². The van der Waals surface area contributed by atoms with Crippen LogP contribution in [0.5, 0.6) is 0 Å². The number of ketones is 1. The molecule has 0 bridgehead atoms. The second kappa shape index (κ2) is 6.85. The van der Waals surface area contributed by atoms with E-state index in [1.807, 2.05) is 97.9 Å². The van der Waals surface area contributed by atoms with Crippen LogP contribution in [-0.4, -0.2) is 5.78 Å². The van der Waals surface area contributed by atoms with E-state index in [4.69, 9.17) is 4.42 Å². The van der Waals surface area contributed by atoms with Crippen LogP contribution >= 0.6 is 0 Å². The molecule has 0 fully saturated rings. The van der Waals surface area contributed by atoms with Crippen molar-refractivity contribution in [3.8, 4) is 22.5 Å². The van der Waals surface area contributed by atoms with E-state index in [1.54, 1.807) is 0 Å². The summed E-state index contributed by atoms with van der Waals surface area (Å²) in [7, 11) is 0. The molecular formula is C24H18O2. The monoisotopic (exact) mass is 338 g/mol. The lowest BCUT2D eigenvalue weighted by Gasteiger charge is -2.07. The second-order valence-corrected chi connectivity index (χ2v) is 6.16. The second-order valence-electron chi connectivity index (χ2n) is 6.16. The van der Waals surface area contributed by atoms with Crippen molar-refractivity contribution in [1.29, 1.82) is 0 Å². The topological polar surface area (TPSA) is 30.2 Å². The fourth-order valence-electron chi connectivity index (χ4n) is 3.24. The molecule has 3 aromatic carbocycles. The Morgan fingerprint density at radius 2 is 1.19 bits per heavy atom. The molecular weight excluding hydrogens is 320 g/mol. The average Bonchev–Trinajstić information content (AvgIpc) is 3.06. The normalized spacial score (nSPS) is 10.7. The minimum absolute atomic E-state index is 0.0276. The van der Waals surface area contributed by atoms with Crippen molar-refractivity contribution in [2.45, 2.75) is 6.92 Å². The number of carbonyl (C=O) groups excluding carboxylic acids is 1. The first-order chi connectivity index (χ1) is 12.8. The highest BCUT2D eigenvalue weighted by Crippen LogP contribution is 2.39. The van der Waals surface area contributed by atoms with Crippen LogP contribution in [0.4, 0.5) is 0 Å². The van der Waals surface area contributed by atoms with Crippen LogP contribution < -0.4 is 0 Å². The highest BCUT2D eigenvalue weighted by Gasteiger charge is 2.26. The zero-order chi connectivity index (χ0) is 17.9. The maximum atomic E-state index is 13.4. The molecule has 1 heterocycles. The van der Waals surface area contributed by atoms with Crippen LogP contribution in [0.1, 0.15) is 21.7 Å². The summed E-state index contributed by atoms with van der Waals surface area (Å²) in [6.45, 7) is 1.91. The van der Waals surface area contributed by atoms with Gasteiger partial charge in [0.2, 0.25) is 0 Å². The van der Waals surface area contributed by atoms with Crippen LogP contribution in [0.15, 0.2) is 95.4 Å². The summed E-state index contributed by atoms with van der Waals surface area (Å²) in [6.07, 6.45) is 0. The van der Waals surface area contributed by atoms with Gasteiger partial charge in [0.25, 0.3) is 0 Å². The Bertz CT molecular complexity index is 1030. The lowest BCUT2D eigenvalue weighted by molar-refractivity contribution is 0.103. The van der Waals surface area contributed by atoms with Gasteiger partial charge in [-0.15, -0.1) is 0 Å². The number of carbonyl (C=O) groups is 1. The fourth-order valence-corrected chi connectivity index (χ4v) is 3.24. The Morgan fingerprint density at radius 3 is 1.77 bits per heavy atom. The van der Waals surface area contributed by atoms with Gasteiger partial charge in [-0.3, -0.25) is 4.79 Å². The predicted molar refractivity (Wildman–Crippen MR) is 104 cm³/mol. The number of hydrogen-bond acceptors (Lipinski definition) is 2. The zero-order valence-corrected chi connectivity index (χ0v) is 14.5. The summed E-state index contributed by atoms with van der Waals surface area (Å²) in [4.78, 5) is 13.4. The lowest BCUT2D eigenvalue weighted by Crippen LogP contribution is -2.03. The van der Waals surface area contributed by atoms with Crippen molar-refractivity contribution in [1.82, 2.24) is 0 Å². The molecule has 0 unspecified atom stereocenters. The van der Waals surface area contributed by atoms with Crippen LogP contribution in [0, 0.1) is 6.92 Å². The van der Waals surface area contributed by atoms with Crippen molar-refractivity contribution in [3.63, 3.8) is 0 Å². The molecule has 126 valence electrons. The van der Waals surface area contributed by atoms with E-state index in [0.29, 0.717) is 16.9 Å². The molecule has 0 radical (unpaired) electrons. The average molecular weight is 338 g/mol. The van der Waals surface area contributed by atoms with E-state index < -0.39 is 0 Å². The SMILES string of the molecule is Cc1oc(-c2ccccc2)c(C(=O)c2ccccc2)c1-c1ccccc1. The molecule has 2 nitrogen and oxygen atoms in total. The third-order valence-electron chi connectivity index (χ3n) is 4.45. The van der Waals surface area contributed by atoms with E-state index in [2.05, 4.69) is 0 Å². The molecule has 0 saturated carbocycles. The van der Waals surface area contributed by atoms with Gasteiger partial charge in [-0.05, 0) is 12.5 Å². The van der Waals surface area contributed by atoms with Crippen molar-refractivity contribution in [2.24, 2.45) is 0 Å². The van der Waals surface area contributed by atoms with Crippen molar-refractivity contribution < 1.29 is 9.21 Å². The van der Waals surface area contributed by atoms with Crippen molar-refractivity contribution in [3.05, 3.63) is 108 Å². The van der Waals surface area contributed by atoms with Gasteiger partial charge in [0.05, 0.1) is 5.56 Å². The smallest absolute Gasteiger partial charge is 0.197 e. The van der Waals surface area contributed by atoms with Crippen molar-refractivity contribution in [2.75, 3.05) is 0 Å². The Labute approximate surface area is 152 Å². The first-order valence-electron chi connectivity index (χ1n) is 8.59. The maximum Gasteiger partial charge on any atom is 0.197 e. The molecule has 4 rings (SSSR count). The summed E-state index contributed by atoms with van der Waals surface area (Å²) >= 11 is 0. The van der Waals surface area contributed by atoms with Gasteiger partial charge in [0.1, 0.15) is 11.5 Å². The first kappa shape index (κ1) is 16.1. The number of furan rings is 1. The minimum Gasteiger partial charge on any atom is -0.460 e. The van der Waals surface area contributed by atoms with Gasteiger partial charge in [-0.2, -0.15) is 0 Å². The highest BCUT2D eigenvalue weighted by molar-refractivity contribution is 6.16. The van der Waals surface area contributed by atoms with Crippen LogP contribution in [0.25, 0.3) is 22.5 Å². The maximum absolute atomic E-state index is 13.4. The van der Waals surface area contributed by atoms with E-state index in [-0.39, 0.29) is 5.78 Å². The largest absolute Gasteiger partial charge is 0.460 e. The van der Waals surface area contributed by atoms with Gasteiger partial charge in [-0.1, -0.05) is 91.0 Å². The molecule has 0 aliphatic heterocycles. The van der Waals surface area contributed by atoms with Crippen LogP contribution in [-0.2, 0) is 0 Å². The Kier molecular flexibility index (Phi) is 4.24. The molecule has 2 heteroatoms. The number of rotatable bonds is 4. The zero-order valence-electron chi connectivity index (χ0n) is 14.5. The lowest BCUT2D eigenvalue weighted by atomic mass is 9.92. The summed E-state index contributed by atoms with van der Waals surface area (Å²) in [5, 5.41) is 0. The number of aryl methyl sites for hydroxylation is 1. The van der Waals surface area contributed by atoms with Gasteiger partial charge < -0.3 is 4.42 Å². The Hall–Kier alpha value is -3.39. The van der Waals surface area contributed by atoms with Gasteiger partial charge >= 0.3 is 0 Å². The Balaban J connectivity index is 1.98. The van der Waals surface area contributed by atoms with Crippen molar-refractivity contribution >= 4 is 5.78 Å². The van der Waals surface area contributed by atoms with Crippen LogP contribution in [0.2, 0.25) is 0 Å². The van der Waals surface area contributed by atoms with Gasteiger partial charge in [0, 0.05) is 16.7 Å². The fraction of sp³-hybridized carbons (Fsp3) is 0.0417. The first-order valence-corrected chi connectivity index (χ1v) is 8.59. The summed E-state index contributed by atoms with van der Waals surface area (Å²) in [5.41, 5.74) is 4.01. The molecule has 0 atom stereocenters. The quantitative estimate of drug-likeness (QED) is 0.418. The van der Waals surface area contributed by atoms with E-state index in [1.165, 1.54) is 0 Å². The summed E-state index contributed by atoms with van der Waals surface area (Å²) < 4.78 is 6.11. The minimum atomic E-state index is -0.0276. The van der Waals surface area contributed by atoms with Gasteiger partial charge in [0.15, 0.2) is 5.78 Å². The number of benzene rings is 3.